The number of aryl methyl sites for hydroxylation is 2. The number of para-hydroxylation sites is 1. The lowest BCUT2D eigenvalue weighted by molar-refractivity contribution is 0.102. The Morgan fingerprint density at radius 3 is 2.70 bits per heavy atom. The molecule has 2 aromatic carbocycles. The summed E-state index contributed by atoms with van der Waals surface area (Å²) >= 11 is 0. The highest BCUT2D eigenvalue weighted by atomic mass is 16.5. The Morgan fingerprint density at radius 1 is 1.07 bits per heavy atom. The van der Waals surface area contributed by atoms with Gasteiger partial charge in [-0.25, -0.2) is 0 Å². The number of nitrogens with one attached hydrogen (secondary N) is 2. The van der Waals surface area contributed by atoms with Crippen LogP contribution in [0.1, 0.15) is 21.6 Å². The lowest BCUT2D eigenvalue weighted by Crippen LogP contribution is -2.12. The minimum absolute atomic E-state index is 0.134. The minimum Gasteiger partial charge on any atom is -0.455 e. The SMILES string of the molecule is Cc1cc(NC(=O)c2c(C)[nH]c3ccccc23)ccc1Oc1cccnc1. The van der Waals surface area contributed by atoms with Crippen molar-refractivity contribution in [3.63, 3.8) is 0 Å². The number of rotatable bonds is 4. The molecular formula is C22H19N3O2. The Kier molecular flexibility index (Phi) is 4.34. The second-order valence-electron chi connectivity index (χ2n) is 6.40. The van der Waals surface area contributed by atoms with Gasteiger partial charge < -0.3 is 15.0 Å². The van der Waals surface area contributed by atoms with Crippen LogP contribution in [-0.4, -0.2) is 15.9 Å². The second-order valence-corrected chi connectivity index (χ2v) is 6.40. The van der Waals surface area contributed by atoms with E-state index in [1.807, 2.05) is 68.4 Å². The van der Waals surface area contributed by atoms with Crippen molar-refractivity contribution in [2.24, 2.45) is 0 Å². The smallest absolute Gasteiger partial charge is 0.258 e. The van der Waals surface area contributed by atoms with Gasteiger partial charge in [-0.15, -0.1) is 0 Å². The molecule has 0 saturated carbocycles. The Balaban J connectivity index is 1.56. The molecule has 0 bridgehead atoms. The van der Waals surface area contributed by atoms with E-state index in [1.165, 1.54) is 0 Å². The molecule has 4 aromatic rings. The van der Waals surface area contributed by atoms with E-state index in [9.17, 15) is 4.79 Å². The molecular weight excluding hydrogens is 338 g/mol. The van der Waals surface area contributed by atoms with Crippen molar-refractivity contribution in [2.75, 3.05) is 5.32 Å². The maximum atomic E-state index is 12.8. The van der Waals surface area contributed by atoms with Gasteiger partial charge >= 0.3 is 0 Å². The highest BCUT2D eigenvalue weighted by Crippen LogP contribution is 2.28. The largest absolute Gasteiger partial charge is 0.455 e. The first-order valence-corrected chi connectivity index (χ1v) is 8.69. The van der Waals surface area contributed by atoms with Gasteiger partial charge in [-0.3, -0.25) is 9.78 Å². The first kappa shape index (κ1) is 16.8. The van der Waals surface area contributed by atoms with Crippen molar-refractivity contribution in [2.45, 2.75) is 13.8 Å². The summed E-state index contributed by atoms with van der Waals surface area (Å²) in [5.41, 5.74) is 4.12. The average Bonchev–Trinajstić information content (AvgIpc) is 3.00. The van der Waals surface area contributed by atoms with Gasteiger partial charge in [-0.1, -0.05) is 18.2 Å². The van der Waals surface area contributed by atoms with Crippen LogP contribution in [-0.2, 0) is 0 Å². The molecule has 5 heteroatoms. The van der Waals surface area contributed by atoms with Crippen molar-refractivity contribution in [3.8, 4) is 11.5 Å². The van der Waals surface area contributed by atoms with Crippen LogP contribution >= 0.6 is 0 Å². The summed E-state index contributed by atoms with van der Waals surface area (Å²) < 4.78 is 5.84. The Morgan fingerprint density at radius 2 is 1.93 bits per heavy atom. The Labute approximate surface area is 157 Å². The molecule has 0 atom stereocenters. The standard InChI is InChI=1S/C22H19N3O2/c1-14-12-16(9-10-20(14)27-17-6-5-11-23-13-17)25-22(26)21-15(2)24-19-8-4-3-7-18(19)21/h3-13,24H,1-2H3,(H,25,26). The Hall–Kier alpha value is -3.60. The van der Waals surface area contributed by atoms with Crippen molar-refractivity contribution in [1.82, 2.24) is 9.97 Å². The Bertz CT molecular complexity index is 1120. The van der Waals surface area contributed by atoms with Crippen LogP contribution in [0.5, 0.6) is 11.5 Å². The number of H-pyrrole nitrogens is 1. The summed E-state index contributed by atoms with van der Waals surface area (Å²) in [7, 11) is 0. The number of hydrogen-bond donors (Lipinski definition) is 2. The monoisotopic (exact) mass is 357 g/mol. The summed E-state index contributed by atoms with van der Waals surface area (Å²) in [4.78, 5) is 20.1. The van der Waals surface area contributed by atoms with E-state index in [0.29, 0.717) is 11.3 Å². The van der Waals surface area contributed by atoms with Crippen LogP contribution in [0.2, 0.25) is 0 Å². The van der Waals surface area contributed by atoms with Gasteiger partial charge in [-0.05, 0) is 55.8 Å². The number of amides is 1. The summed E-state index contributed by atoms with van der Waals surface area (Å²) in [5, 5.41) is 3.90. The fraction of sp³-hybridized carbons (Fsp3) is 0.0909. The number of benzene rings is 2. The number of carbonyl (C=O) groups excluding carboxylic acids is 1. The molecule has 27 heavy (non-hydrogen) atoms. The number of aromatic amines is 1. The lowest BCUT2D eigenvalue weighted by Gasteiger charge is -2.11. The second kappa shape index (κ2) is 6.96. The topological polar surface area (TPSA) is 67.0 Å². The van der Waals surface area contributed by atoms with E-state index in [0.717, 1.165) is 33.6 Å². The van der Waals surface area contributed by atoms with E-state index in [1.54, 1.807) is 12.4 Å². The molecule has 134 valence electrons. The zero-order valence-corrected chi connectivity index (χ0v) is 15.1. The van der Waals surface area contributed by atoms with E-state index < -0.39 is 0 Å². The maximum absolute atomic E-state index is 12.8. The molecule has 0 aliphatic heterocycles. The fourth-order valence-electron chi connectivity index (χ4n) is 3.14. The van der Waals surface area contributed by atoms with Gasteiger partial charge in [0.1, 0.15) is 11.5 Å². The number of hydrogen-bond acceptors (Lipinski definition) is 3. The van der Waals surface area contributed by atoms with Crippen LogP contribution in [0.4, 0.5) is 5.69 Å². The first-order chi connectivity index (χ1) is 13.1. The molecule has 2 heterocycles. The first-order valence-electron chi connectivity index (χ1n) is 8.69. The van der Waals surface area contributed by atoms with Crippen molar-refractivity contribution < 1.29 is 9.53 Å². The third kappa shape index (κ3) is 3.40. The number of fused-ring (bicyclic) bond motifs is 1. The number of ether oxygens (including phenoxy) is 1. The van der Waals surface area contributed by atoms with Gasteiger partial charge in [-0.2, -0.15) is 0 Å². The zero-order chi connectivity index (χ0) is 18.8. The number of pyridine rings is 1. The van der Waals surface area contributed by atoms with Gasteiger partial charge in [0.2, 0.25) is 0 Å². The maximum Gasteiger partial charge on any atom is 0.258 e. The number of anilines is 1. The van der Waals surface area contributed by atoms with Gasteiger partial charge in [0.25, 0.3) is 5.91 Å². The van der Waals surface area contributed by atoms with E-state index >= 15 is 0 Å². The van der Waals surface area contributed by atoms with Crippen LogP contribution in [0.3, 0.4) is 0 Å². The number of carbonyl (C=O) groups is 1. The number of aromatic nitrogens is 2. The molecule has 1 amide bonds. The van der Waals surface area contributed by atoms with Gasteiger partial charge in [0.05, 0.1) is 11.8 Å². The zero-order valence-electron chi connectivity index (χ0n) is 15.1. The molecule has 0 unspecified atom stereocenters. The van der Waals surface area contributed by atoms with E-state index in [4.69, 9.17) is 4.74 Å². The molecule has 0 fully saturated rings. The fourth-order valence-corrected chi connectivity index (χ4v) is 3.14. The minimum atomic E-state index is -0.134. The van der Waals surface area contributed by atoms with Crippen LogP contribution in [0.25, 0.3) is 10.9 Å². The molecule has 2 N–H and O–H groups in total. The molecule has 0 saturated heterocycles. The molecule has 5 nitrogen and oxygen atoms in total. The molecule has 0 aliphatic rings. The van der Waals surface area contributed by atoms with Crippen LogP contribution in [0.15, 0.2) is 67.0 Å². The summed E-state index contributed by atoms with van der Waals surface area (Å²) in [5.74, 6) is 1.27. The summed E-state index contributed by atoms with van der Waals surface area (Å²) in [6.45, 7) is 3.85. The average molecular weight is 357 g/mol. The molecule has 0 aliphatic carbocycles. The lowest BCUT2D eigenvalue weighted by atomic mass is 10.1. The summed E-state index contributed by atoms with van der Waals surface area (Å²) in [6.07, 6.45) is 3.36. The van der Waals surface area contributed by atoms with E-state index in [2.05, 4.69) is 15.3 Å². The highest BCUT2D eigenvalue weighted by molar-refractivity contribution is 6.13. The van der Waals surface area contributed by atoms with Crippen molar-refractivity contribution >= 4 is 22.5 Å². The number of nitrogens with zero attached hydrogens (tertiary/aromatic N) is 1. The third-order valence-corrected chi connectivity index (χ3v) is 4.42. The normalized spacial score (nSPS) is 10.7. The summed E-state index contributed by atoms with van der Waals surface area (Å²) in [6, 6.07) is 17.0. The molecule has 0 spiro atoms. The predicted molar refractivity (Wildman–Crippen MR) is 106 cm³/mol. The van der Waals surface area contributed by atoms with Gasteiger partial charge in [0.15, 0.2) is 0 Å². The third-order valence-electron chi connectivity index (χ3n) is 4.42. The molecule has 4 rings (SSSR count). The molecule has 2 aromatic heterocycles. The van der Waals surface area contributed by atoms with E-state index in [-0.39, 0.29) is 5.91 Å². The quantitative estimate of drug-likeness (QED) is 0.526. The highest BCUT2D eigenvalue weighted by Gasteiger charge is 2.16. The molecule has 0 radical (unpaired) electrons. The predicted octanol–water partition coefficient (Wildman–Crippen LogP) is 5.22. The van der Waals surface area contributed by atoms with Crippen molar-refractivity contribution in [1.29, 1.82) is 0 Å². The van der Waals surface area contributed by atoms with Crippen molar-refractivity contribution in [3.05, 3.63) is 83.8 Å². The van der Waals surface area contributed by atoms with Crippen LogP contribution < -0.4 is 10.1 Å². The van der Waals surface area contributed by atoms with Crippen LogP contribution in [0, 0.1) is 13.8 Å². The van der Waals surface area contributed by atoms with Gasteiger partial charge in [0, 0.05) is 28.5 Å².